The number of anilines is 1. The molecule has 0 saturated heterocycles. The van der Waals surface area contributed by atoms with Gasteiger partial charge in [-0.15, -0.1) is 0 Å². The fraction of sp³-hybridized carbons (Fsp3) is 0.615. The second kappa shape index (κ2) is 4.84. The zero-order valence-corrected chi connectivity index (χ0v) is 11.8. The van der Waals surface area contributed by atoms with E-state index in [9.17, 15) is 9.18 Å². The standard InChI is InChI=1S/C13H16ClFN4O/c1-5-2-6-3-7(5)9(11(16)20)10(6)18-12-8(15)4-17-13(14)19-12/h4-7,9-10H,2-3H2,1H3,(H2,16,20)(H,17,18,19). The maximum absolute atomic E-state index is 13.7. The Bertz CT molecular complexity index is 555. The Morgan fingerprint density at radius 3 is 3.00 bits per heavy atom. The fourth-order valence-electron chi connectivity index (χ4n) is 3.88. The van der Waals surface area contributed by atoms with Crippen LogP contribution in [0.5, 0.6) is 0 Å². The number of fused-ring (bicyclic) bond motifs is 2. The van der Waals surface area contributed by atoms with Crippen LogP contribution in [0.15, 0.2) is 6.20 Å². The molecule has 0 aromatic carbocycles. The summed E-state index contributed by atoms with van der Waals surface area (Å²) in [6, 6.07) is -0.172. The number of nitrogens with one attached hydrogen (secondary N) is 1. The van der Waals surface area contributed by atoms with Crippen LogP contribution in [-0.2, 0) is 4.79 Å². The van der Waals surface area contributed by atoms with Crippen LogP contribution in [0.2, 0.25) is 5.28 Å². The molecular formula is C13H16ClFN4O. The van der Waals surface area contributed by atoms with Crippen molar-refractivity contribution in [3.8, 4) is 0 Å². The lowest BCUT2D eigenvalue weighted by Gasteiger charge is -2.33. The molecule has 7 heteroatoms. The van der Waals surface area contributed by atoms with Gasteiger partial charge in [0.1, 0.15) is 0 Å². The Hall–Kier alpha value is -1.43. The molecule has 108 valence electrons. The van der Waals surface area contributed by atoms with Gasteiger partial charge in [0.15, 0.2) is 11.6 Å². The number of halogens is 2. The van der Waals surface area contributed by atoms with Crippen molar-refractivity contribution in [1.82, 2.24) is 9.97 Å². The van der Waals surface area contributed by atoms with Gasteiger partial charge in [-0.05, 0) is 42.2 Å². The largest absolute Gasteiger partial charge is 0.369 e. The van der Waals surface area contributed by atoms with Crippen LogP contribution in [0.1, 0.15) is 19.8 Å². The molecule has 2 fully saturated rings. The van der Waals surface area contributed by atoms with E-state index in [4.69, 9.17) is 17.3 Å². The zero-order valence-electron chi connectivity index (χ0n) is 11.0. The van der Waals surface area contributed by atoms with E-state index in [0.717, 1.165) is 19.0 Å². The van der Waals surface area contributed by atoms with Crippen molar-refractivity contribution in [3.05, 3.63) is 17.3 Å². The molecule has 5 nitrogen and oxygen atoms in total. The number of carbonyl (C=O) groups excluding carboxylic acids is 1. The maximum atomic E-state index is 13.7. The summed E-state index contributed by atoms with van der Waals surface area (Å²) in [5.74, 6) is -0.0701. The highest BCUT2D eigenvalue weighted by molar-refractivity contribution is 6.28. The minimum Gasteiger partial charge on any atom is -0.369 e. The Balaban J connectivity index is 1.86. The van der Waals surface area contributed by atoms with Gasteiger partial charge in [-0.2, -0.15) is 4.98 Å². The summed E-state index contributed by atoms with van der Waals surface area (Å²) in [5, 5.41) is 3.00. The Morgan fingerprint density at radius 1 is 1.55 bits per heavy atom. The maximum Gasteiger partial charge on any atom is 0.224 e. The third-order valence-electron chi connectivity index (χ3n) is 4.68. The van der Waals surface area contributed by atoms with Crippen molar-refractivity contribution in [2.75, 3.05) is 5.32 Å². The van der Waals surface area contributed by atoms with Gasteiger partial charge in [0.05, 0.1) is 12.1 Å². The monoisotopic (exact) mass is 298 g/mol. The van der Waals surface area contributed by atoms with Crippen LogP contribution >= 0.6 is 11.6 Å². The van der Waals surface area contributed by atoms with Crippen LogP contribution in [0.3, 0.4) is 0 Å². The molecule has 1 heterocycles. The van der Waals surface area contributed by atoms with Gasteiger partial charge < -0.3 is 11.1 Å². The third kappa shape index (κ3) is 2.12. The summed E-state index contributed by atoms with van der Waals surface area (Å²) in [7, 11) is 0. The molecule has 2 saturated carbocycles. The number of hydrogen-bond acceptors (Lipinski definition) is 4. The molecule has 1 aromatic rings. The zero-order chi connectivity index (χ0) is 14.4. The van der Waals surface area contributed by atoms with E-state index in [1.165, 1.54) is 0 Å². The first-order valence-electron chi connectivity index (χ1n) is 6.71. The van der Waals surface area contributed by atoms with Crippen molar-refractivity contribution in [2.24, 2.45) is 29.4 Å². The van der Waals surface area contributed by atoms with Crippen LogP contribution < -0.4 is 11.1 Å². The number of nitrogens with two attached hydrogens (primary N) is 1. The van der Waals surface area contributed by atoms with Crippen molar-refractivity contribution >= 4 is 23.3 Å². The highest BCUT2D eigenvalue weighted by Gasteiger charge is 2.53. The lowest BCUT2D eigenvalue weighted by Crippen LogP contribution is -2.44. The second-order valence-electron chi connectivity index (χ2n) is 5.81. The van der Waals surface area contributed by atoms with Gasteiger partial charge in [0.25, 0.3) is 0 Å². The predicted molar refractivity (Wildman–Crippen MR) is 72.5 cm³/mol. The van der Waals surface area contributed by atoms with Gasteiger partial charge in [0, 0.05) is 6.04 Å². The Kier molecular flexibility index (Phi) is 3.28. The Labute approximate surface area is 121 Å². The number of amides is 1. The van der Waals surface area contributed by atoms with Gasteiger partial charge >= 0.3 is 0 Å². The SMILES string of the molecule is CC1CC2CC1C(C(N)=O)C2Nc1nc(Cl)ncc1F. The number of hydrogen-bond donors (Lipinski definition) is 2. The first-order chi connectivity index (χ1) is 9.47. The number of carbonyl (C=O) groups is 1. The normalized spacial score (nSPS) is 35.2. The van der Waals surface area contributed by atoms with Crippen molar-refractivity contribution in [3.63, 3.8) is 0 Å². The summed E-state index contributed by atoms with van der Waals surface area (Å²) in [6.07, 6.45) is 2.99. The summed E-state index contributed by atoms with van der Waals surface area (Å²) in [4.78, 5) is 19.1. The van der Waals surface area contributed by atoms with E-state index in [-0.39, 0.29) is 34.9 Å². The van der Waals surface area contributed by atoms with Crippen LogP contribution in [0.25, 0.3) is 0 Å². The molecule has 5 atom stereocenters. The molecule has 20 heavy (non-hydrogen) atoms. The molecular weight excluding hydrogens is 283 g/mol. The number of rotatable bonds is 3. The van der Waals surface area contributed by atoms with Crippen LogP contribution in [0, 0.1) is 29.5 Å². The first kappa shape index (κ1) is 13.5. The molecule has 3 rings (SSSR count). The van der Waals surface area contributed by atoms with E-state index >= 15 is 0 Å². The van der Waals surface area contributed by atoms with Gasteiger partial charge in [-0.1, -0.05) is 6.92 Å². The fourth-order valence-corrected chi connectivity index (χ4v) is 4.02. The average molecular weight is 299 g/mol. The molecule has 1 amide bonds. The minimum absolute atomic E-state index is 0.0268. The highest BCUT2D eigenvalue weighted by Crippen LogP contribution is 2.52. The van der Waals surface area contributed by atoms with Crippen LogP contribution in [0.4, 0.5) is 10.2 Å². The predicted octanol–water partition coefficient (Wildman–Crippen LogP) is 1.83. The van der Waals surface area contributed by atoms with E-state index < -0.39 is 5.82 Å². The van der Waals surface area contributed by atoms with Crippen molar-refractivity contribution in [2.45, 2.75) is 25.8 Å². The molecule has 0 aliphatic heterocycles. The first-order valence-corrected chi connectivity index (χ1v) is 7.09. The van der Waals surface area contributed by atoms with Crippen molar-refractivity contribution in [1.29, 1.82) is 0 Å². The van der Waals surface area contributed by atoms with Crippen LogP contribution in [-0.4, -0.2) is 21.9 Å². The topological polar surface area (TPSA) is 80.9 Å². The Morgan fingerprint density at radius 2 is 2.30 bits per heavy atom. The second-order valence-corrected chi connectivity index (χ2v) is 6.14. The minimum atomic E-state index is -0.576. The lowest BCUT2D eigenvalue weighted by molar-refractivity contribution is -0.124. The molecule has 1 aromatic heterocycles. The van der Waals surface area contributed by atoms with Crippen molar-refractivity contribution < 1.29 is 9.18 Å². The third-order valence-corrected chi connectivity index (χ3v) is 4.87. The average Bonchev–Trinajstić information content (AvgIpc) is 2.90. The molecule has 2 aliphatic carbocycles. The molecule has 5 unspecified atom stereocenters. The molecule has 2 bridgehead atoms. The van der Waals surface area contributed by atoms with Gasteiger partial charge in [-0.3, -0.25) is 4.79 Å². The number of nitrogens with zero attached hydrogens (tertiary/aromatic N) is 2. The quantitative estimate of drug-likeness (QED) is 0.834. The number of primary amides is 1. The molecule has 0 radical (unpaired) electrons. The molecule has 0 spiro atoms. The summed E-state index contributed by atoms with van der Waals surface area (Å²) in [5.41, 5.74) is 5.53. The summed E-state index contributed by atoms with van der Waals surface area (Å²) in [6.45, 7) is 2.14. The number of aromatic nitrogens is 2. The van der Waals surface area contributed by atoms with E-state index in [1.54, 1.807) is 0 Å². The molecule has 2 aliphatic rings. The summed E-state index contributed by atoms with van der Waals surface area (Å²) >= 11 is 5.68. The smallest absolute Gasteiger partial charge is 0.224 e. The van der Waals surface area contributed by atoms with E-state index in [0.29, 0.717) is 11.8 Å². The highest BCUT2D eigenvalue weighted by atomic mass is 35.5. The van der Waals surface area contributed by atoms with Gasteiger partial charge in [0.2, 0.25) is 11.2 Å². The lowest BCUT2D eigenvalue weighted by atomic mass is 9.78. The molecule has 3 N–H and O–H groups in total. The van der Waals surface area contributed by atoms with E-state index in [1.807, 2.05) is 0 Å². The summed E-state index contributed by atoms with van der Waals surface area (Å²) < 4.78 is 13.7. The van der Waals surface area contributed by atoms with Gasteiger partial charge in [-0.25, -0.2) is 9.37 Å². The van der Waals surface area contributed by atoms with E-state index in [2.05, 4.69) is 22.2 Å².